The van der Waals surface area contributed by atoms with Gasteiger partial charge in [0, 0.05) is 37.7 Å². The number of hydrogen-bond donors (Lipinski definition) is 1. The van der Waals surface area contributed by atoms with Gasteiger partial charge in [-0.15, -0.1) is 24.0 Å². The van der Waals surface area contributed by atoms with E-state index in [1.807, 2.05) is 42.0 Å². The Morgan fingerprint density at radius 3 is 2.62 bits per heavy atom. The summed E-state index contributed by atoms with van der Waals surface area (Å²) in [5.74, 6) is 0.878. The number of likely N-dealkylation sites (tertiary alicyclic amines) is 1. The molecule has 1 aromatic rings. The van der Waals surface area contributed by atoms with Crippen molar-refractivity contribution in [2.75, 3.05) is 33.2 Å². The predicted octanol–water partition coefficient (Wildman–Crippen LogP) is 3.09. The Bertz CT molecular complexity index is 561. The number of hydrogen-bond acceptors (Lipinski definition) is 2. The number of nitrogens with zero attached hydrogens (tertiary/aromatic N) is 3. The second-order valence-electron chi connectivity index (χ2n) is 5.71. The summed E-state index contributed by atoms with van der Waals surface area (Å²) in [5.41, 5.74) is 1.19. The summed E-state index contributed by atoms with van der Waals surface area (Å²) in [4.78, 5) is 20.6. The number of nitrogens with one attached hydrogen (secondary N) is 1. The van der Waals surface area contributed by atoms with Gasteiger partial charge < -0.3 is 15.1 Å². The highest BCUT2D eigenvalue weighted by Gasteiger charge is 2.17. The van der Waals surface area contributed by atoms with Crippen LogP contribution in [-0.4, -0.2) is 54.9 Å². The second-order valence-corrected chi connectivity index (χ2v) is 6.56. The van der Waals surface area contributed by atoms with E-state index in [2.05, 4.69) is 32.3 Å². The third-order valence-electron chi connectivity index (χ3n) is 3.88. The number of amides is 1. The van der Waals surface area contributed by atoms with E-state index in [1.54, 1.807) is 0 Å². The molecule has 134 valence electrons. The minimum Gasteiger partial charge on any atom is -0.357 e. The Labute approximate surface area is 170 Å². The molecule has 1 N–H and O–H groups in total. The van der Waals surface area contributed by atoms with Crippen LogP contribution in [0.25, 0.3) is 0 Å². The van der Waals surface area contributed by atoms with E-state index in [0.29, 0.717) is 0 Å². The van der Waals surface area contributed by atoms with Gasteiger partial charge in [-0.2, -0.15) is 0 Å². The summed E-state index contributed by atoms with van der Waals surface area (Å²) in [6.07, 6.45) is 2.22. The third-order valence-corrected chi connectivity index (χ3v) is 4.66. The van der Waals surface area contributed by atoms with Gasteiger partial charge in [-0.05, 0) is 31.4 Å². The van der Waals surface area contributed by atoms with Crippen molar-refractivity contribution in [2.45, 2.75) is 26.3 Å². The molecule has 7 heteroatoms. The zero-order valence-electron chi connectivity index (χ0n) is 14.3. The molecule has 1 amide bonds. The number of benzene rings is 1. The maximum atomic E-state index is 12.2. The molecule has 1 saturated heterocycles. The lowest BCUT2D eigenvalue weighted by Gasteiger charge is -2.23. The number of guanidine groups is 1. The quantitative estimate of drug-likeness (QED) is 0.377. The summed E-state index contributed by atoms with van der Waals surface area (Å²) in [6, 6.07) is 8.14. The van der Waals surface area contributed by atoms with Gasteiger partial charge in [-0.25, -0.2) is 4.99 Å². The summed E-state index contributed by atoms with van der Waals surface area (Å²) in [6.45, 7) is 5.49. The molecule has 1 fully saturated rings. The Hall–Kier alpha value is -0.830. The van der Waals surface area contributed by atoms with Gasteiger partial charge in [-0.1, -0.05) is 34.1 Å². The monoisotopic (exact) mass is 508 g/mol. The van der Waals surface area contributed by atoms with Crippen LogP contribution in [0.1, 0.15) is 25.3 Å². The van der Waals surface area contributed by atoms with Crippen LogP contribution in [0, 0.1) is 0 Å². The fourth-order valence-corrected chi connectivity index (χ4v) is 3.05. The molecule has 2 rings (SSSR count). The fraction of sp³-hybridized carbons (Fsp3) is 0.529. The topological polar surface area (TPSA) is 47.9 Å². The lowest BCUT2D eigenvalue weighted by molar-refractivity contribution is -0.128. The maximum Gasteiger partial charge on any atom is 0.244 e. The van der Waals surface area contributed by atoms with Crippen molar-refractivity contribution in [1.82, 2.24) is 15.1 Å². The smallest absolute Gasteiger partial charge is 0.244 e. The lowest BCUT2D eigenvalue weighted by Crippen LogP contribution is -2.39. The molecule has 0 bridgehead atoms. The van der Waals surface area contributed by atoms with Gasteiger partial charge in [-0.3, -0.25) is 4.79 Å². The first-order valence-corrected chi connectivity index (χ1v) is 8.91. The van der Waals surface area contributed by atoms with Crippen molar-refractivity contribution in [3.8, 4) is 0 Å². The zero-order valence-corrected chi connectivity index (χ0v) is 18.2. The standard InChI is InChI=1S/C17H25BrN4O.HI/c1-3-19-17(20-12-16(23)22-10-6-7-11-22)21(2)13-14-8-4-5-9-15(14)18;/h4-5,8-9H,3,6-7,10-13H2,1-2H3,(H,19,20);1H. The van der Waals surface area contributed by atoms with Gasteiger partial charge in [0.15, 0.2) is 5.96 Å². The SMILES string of the molecule is CCNC(=NCC(=O)N1CCCC1)N(C)Cc1ccccc1Br.I. The van der Waals surface area contributed by atoms with Gasteiger partial charge in [0.2, 0.25) is 5.91 Å². The van der Waals surface area contributed by atoms with E-state index >= 15 is 0 Å². The number of carbonyl (C=O) groups excluding carboxylic acids is 1. The summed E-state index contributed by atoms with van der Waals surface area (Å²) >= 11 is 3.57. The molecule has 0 unspecified atom stereocenters. The summed E-state index contributed by atoms with van der Waals surface area (Å²) in [7, 11) is 1.99. The van der Waals surface area contributed by atoms with Gasteiger partial charge >= 0.3 is 0 Å². The van der Waals surface area contributed by atoms with Crippen molar-refractivity contribution in [3.63, 3.8) is 0 Å². The Morgan fingerprint density at radius 1 is 1.33 bits per heavy atom. The normalized spacial score (nSPS) is 14.3. The van der Waals surface area contributed by atoms with Crippen LogP contribution in [0.2, 0.25) is 0 Å². The number of rotatable bonds is 5. The number of halogens is 2. The number of carbonyl (C=O) groups is 1. The molecule has 0 atom stereocenters. The van der Waals surface area contributed by atoms with E-state index in [0.717, 1.165) is 49.5 Å². The molecule has 1 heterocycles. The molecular formula is C17H26BrIN4O. The molecule has 0 aliphatic carbocycles. The van der Waals surface area contributed by atoms with E-state index < -0.39 is 0 Å². The van der Waals surface area contributed by atoms with Crippen LogP contribution in [0.5, 0.6) is 0 Å². The van der Waals surface area contributed by atoms with Crippen LogP contribution in [0.4, 0.5) is 0 Å². The summed E-state index contributed by atoms with van der Waals surface area (Å²) < 4.78 is 1.08. The van der Waals surface area contributed by atoms with E-state index in [4.69, 9.17) is 0 Å². The molecule has 0 radical (unpaired) electrons. The highest BCUT2D eigenvalue weighted by atomic mass is 127. The molecule has 0 aromatic heterocycles. The average molecular weight is 509 g/mol. The Balaban J connectivity index is 0.00000288. The molecule has 5 nitrogen and oxygen atoms in total. The fourth-order valence-electron chi connectivity index (χ4n) is 2.64. The van der Waals surface area contributed by atoms with Crippen molar-refractivity contribution in [1.29, 1.82) is 0 Å². The third kappa shape index (κ3) is 6.23. The number of aliphatic imine (C=N–C) groups is 1. The second kappa shape index (κ2) is 10.9. The first-order valence-electron chi connectivity index (χ1n) is 8.12. The van der Waals surface area contributed by atoms with Crippen LogP contribution >= 0.6 is 39.9 Å². The predicted molar refractivity (Wildman–Crippen MR) is 113 cm³/mol. The molecule has 1 aromatic carbocycles. The minimum absolute atomic E-state index is 0. The Kier molecular flexibility index (Phi) is 9.65. The molecule has 0 spiro atoms. The van der Waals surface area contributed by atoms with Gasteiger partial charge in [0.1, 0.15) is 6.54 Å². The largest absolute Gasteiger partial charge is 0.357 e. The molecule has 24 heavy (non-hydrogen) atoms. The van der Waals surface area contributed by atoms with E-state index in [9.17, 15) is 4.79 Å². The van der Waals surface area contributed by atoms with Gasteiger partial charge in [0.25, 0.3) is 0 Å². The van der Waals surface area contributed by atoms with Crippen LogP contribution < -0.4 is 5.32 Å². The highest BCUT2D eigenvalue weighted by Crippen LogP contribution is 2.17. The van der Waals surface area contributed by atoms with Crippen molar-refractivity contribution >= 4 is 51.8 Å². The van der Waals surface area contributed by atoms with Gasteiger partial charge in [0.05, 0.1) is 0 Å². The van der Waals surface area contributed by atoms with E-state index in [1.165, 1.54) is 5.56 Å². The van der Waals surface area contributed by atoms with Crippen LogP contribution in [-0.2, 0) is 11.3 Å². The molecule has 0 saturated carbocycles. The zero-order chi connectivity index (χ0) is 16.7. The minimum atomic E-state index is 0. The molecule has 1 aliphatic rings. The summed E-state index contributed by atoms with van der Waals surface area (Å²) in [5, 5.41) is 3.26. The van der Waals surface area contributed by atoms with Crippen LogP contribution in [0.3, 0.4) is 0 Å². The average Bonchev–Trinajstić information content (AvgIpc) is 3.07. The van der Waals surface area contributed by atoms with Crippen LogP contribution in [0.15, 0.2) is 33.7 Å². The van der Waals surface area contributed by atoms with Crippen molar-refractivity contribution in [2.24, 2.45) is 4.99 Å². The van der Waals surface area contributed by atoms with Crippen molar-refractivity contribution < 1.29 is 4.79 Å². The molecule has 1 aliphatic heterocycles. The van der Waals surface area contributed by atoms with E-state index in [-0.39, 0.29) is 36.4 Å². The highest BCUT2D eigenvalue weighted by molar-refractivity contribution is 14.0. The lowest BCUT2D eigenvalue weighted by atomic mass is 10.2. The van der Waals surface area contributed by atoms with Crippen molar-refractivity contribution in [3.05, 3.63) is 34.3 Å². The Morgan fingerprint density at radius 2 is 2.00 bits per heavy atom. The molecular weight excluding hydrogens is 483 g/mol. The first kappa shape index (κ1) is 21.2. The maximum absolute atomic E-state index is 12.2. The first-order chi connectivity index (χ1) is 11.1.